The molecule has 1 aromatic carbocycles. The number of aryl methyl sites for hydroxylation is 1. The number of nitrogens with one attached hydrogen (secondary N) is 4. The van der Waals surface area contributed by atoms with Gasteiger partial charge in [-0.3, -0.25) is 14.4 Å². The molecule has 0 aliphatic carbocycles. The van der Waals surface area contributed by atoms with Gasteiger partial charge in [0, 0.05) is 13.1 Å². The third-order valence-electron chi connectivity index (χ3n) is 6.44. The van der Waals surface area contributed by atoms with Crippen LogP contribution in [-0.2, 0) is 27.2 Å². The van der Waals surface area contributed by atoms with Crippen molar-refractivity contribution in [3.05, 3.63) is 52.2 Å². The second-order valence-electron chi connectivity index (χ2n) is 9.77. The van der Waals surface area contributed by atoms with Crippen molar-refractivity contribution < 1.29 is 19.1 Å². The molecule has 4 N–H and O–H groups in total. The minimum Gasteiger partial charge on any atom is -0.492 e. The van der Waals surface area contributed by atoms with E-state index in [1.807, 2.05) is 61.9 Å². The summed E-state index contributed by atoms with van der Waals surface area (Å²) in [7, 11) is 0. The lowest BCUT2D eigenvalue weighted by molar-refractivity contribution is -0.133. The van der Waals surface area contributed by atoms with Gasteiger partial charge in [0.05, 0.1) is 6.04 Å². The third kappa shape index (κ3) is 8.86. The van der Waals surface area contributed by atoms with Crippen molar-refractivity contribution in [3.63, 3.8) is 0 Å². The van der Waals surface area contributed by atoms with Crippen molar-refractivity contribution in [2.24, 2.45) is 5.92 Å². The van der Waals surface area contributed by atoms with Crippen LogP contribution in [0.3, 0.4) is 0 Å². The molecule has 0 unspecified atom stereocenters. The predicted molar refractivity (Wildman–Crippen MR) is 147 cm³/mol. The van der Waals surface area contributed by atoms with Crippen molar-refractivity contribution >= 4 is 29.1 Å². The summed E-state index contributed by atoms with van der Waals surface area (Å²) in [6, 6.07) is 7.96. The molecule has 2 aromatic rings. The lowest BCUT2D eigenvalue weighted by atomic mass is 10.0. The molecule has 1 aromatic heterocycles. The van der Waals surface area contributed by atoms with Gasteiger partial charge < -0.3 is 26.0 Å². The van der Waals surface area contributed by atoms with E-state index in [2.05, 4.69) is 21.3 Å². The van der Waals surface area contributed by atoms with Crippen LogP contribution in [-0.4, -0.2) is 55.5 Å². The summed E-state index contributed by atoms with van der Waals surface area (Å²) in [4.78, 5) is 39.5. The third-order valence-corrected chi connectivity index (χ3v) is 7.17. The topological polar surface area (TPSA) is 109 Å². The molecule has 0 bridgehead atoms. The zero-order valence-electron chi connectivity index (χ0n) is 22.0. The molecule has 1 aliphatic heterocycles. The van der Waals surface area contributed by atoms with Gasteiger partial charge in [-0.2, -0.15) is 11.3 Å². The van der Waals surface area contributed by atoms with Crippen LogP contribution in [0, 0.1) is 5.92 Å². The molecule has 0 radical (unpaired) electrons. The molecule has 3 atom stereocenters. The number of fused-ring (bicyclic) bond motifs is 1. The van der Waals surface area contributed by atoms with Gasteiger partial charge in [-0.15, -0.1) is 0 Å². The Morgan fingerprint density at radius 3 is 2.54 bits per heavy atom. The Bertz CT molecular complexity index is 1010. The van der Waals surface area contributed by atoms with Crippen LogP contribution in [0.5, 0.6) is 5.75 Å². The van der Waals surface area contributed by atoms with Gasteiger partial charge in [0.25, 0.3) is 0 Å². The average Bonchev–Trinajstić information content (AvgIpc) is 3.39. The number of amides is 3. The predicted octanol–water partition coefficient (Wildman–Crippen LogP) is 2.82. The molecule has 1 aliphatic rings. The van der Waals surface area contributed by atoms with Gasteiger partial charge in [0.2, 0.25) is 17.7 Å². The Morgan fingerprint density at radius 1 is 1.00 bits per heavy atom. The first-order valence-corrected chi connectivity index (χ1v) is 14.2. The summed E-state index contributed by atoms with van der Waals surface area (Å²) in [6.45, 7) is 7.12. The summed E-state index contributed by atoms with van der Waals surface area (Å²) in [5, 5.41) is 16.1. The van der Waals surface area contributed by atoms with Gasteiger partial charge in [0.15, 0.2) is 0 Å². The van der Waals surface area contributed by atoms with E-state index in [1.165, 1.54) is 0 Å². The lowest BCUT2D eigenvalue weighted by Gasteiger charge is -2.27. The molecule has 0 saturated carbocycles. The van der Waals surface area contributed by atoms with E-state index in [9.17, 15) is 14.4 Å². The monoisotopic (exact) mass is 528 g/mol. The SMILES string of the molecule is CCC[C@@H]1NC(=O)[C@@H](C(C)C)NC(=O)[C@@H](Cc2ccsc2)NCCOc2ccccc2CCCNC1=O. The van der Waals surface area contributed by atoms with Gasteiger partial charge in [-0.05, 0) is 65.6 Å². The molecule has 8 nitrogen and oxygen atoms in total. The van der Waals surface area contributed by atoms with E-state index in [4.69, 9.17) is 4.74 Å². The van der Waals surface area contributed by atoms with Crippen LogP contribution in [0.2, 0.25) is 0 Å². The van der Waals surface area contributed by atoms with Crippen LogP contribution in [0.15, 0.2) is 41.1 Å². The first-order valence-electron chi connectivity index (χ1n) is 13.2. The number of ether oxygens (including phenoxy) is 1. The number of para-hydroxylation sites is 1. The number of carbonyl (C=O) groups is 3. The van der Waals surface area contributed by atoms with Crippen molar-refractivity contribution in [3.8, 4) is 5.75 Å². The number of benzene rings is 1. The largest absolute Gasteiger partial charge is 0.492 e. The van der Waals surface area contributed by atoms with Crippen molar-refractivity contribution in [1.29, 1.82) is 0 Å². The Balaban J connectivity index is 1.83. The molecule has 37 heavy (non-hydrogen) atoms. The highest BCUT2D eigenvalue weighted by atomic mass is 32.1. The molecule has 0 spiro atoms. The zero-order chi connectivity index (χ0) is 26.6. The Hall–Kier alpha value is -2.91. The number of rotatable bonds is 5. The highest BCUT2D eigenvalue weighted by Crippen LogP contribution is 2.19. The van der Waals surface area contributed by atoms with E-state index in [0.717, 1.165) is 36.1 Å². The maximum absolute atomic E-state index is 13.4. The molecule has 3 rings (SSSR count). The molecule has 0 saturated heterocycles. The fourth-order valence-electron chi connectivity index (χ4n) is 4.37. The fraction of sp³-hybridized carbons (Fsp3) is 0.536. The second kappa shape index (κ2) is 14.7. The number of hydrogen-bond donors (Lipinski definition) is 4. The van der Waals surface area contributed by atoms with E-state index in [-0.39, 0.29) is 23.6 Å². The zero-order valence-corrected chi connectivity index (χ0v) is 22.9. The second-order valence-corrected chi connectivity index (χ2v) is 10.6. The summed E-state index contributed by atoms with van der Waals surface area (Å²) in [6.07, 6.45) is 3.28. The minimum atomic E-state index is -0.756. The van der Waals surface area contributed by atoms with Gasteiger partial charge >= 0.3 is 0 Å². The van der Waals surface area contributed by atoms with E-state index in [1.54, 1.807) is 11.3 Å². The van der Waals surface area contributed by atoms with Crippen LogP contribution in [0.1, 0.15) is 51.2 Å². The summed E-state index contributed by atoms with van der Waals surface area (Å²) in [5.74, 6) is -0.137. The summed E-state index contributed by atoms with van der Waals surface area (Å²) in [5.41, 5.74) is 2.12. The normalized spacial score (nSPS) is 22.6. The highest BCUT2D eigenvalue weighted by Gasteiger charge is 2.30. The Kier molecular flexibility index (Phi) is 11.4. The quantitative estimate of drug-likeness (QED) is 0.477. The Labute approximate surface area is 223 Å². The van der Waals surface area contributed by atoms with Crippen LogP contribution >= 0.6 is 11.3 Å². The fourth-order valence-corrected chi connectivity index (χ4v) is 5.05. The standard InChI is InChI=1S/C28H40N4O4S/c1-4-8-22-26(33)30-13-7-10-21-9-5-6-11-24(21)36-15-14-29-23(17-20-12-16-37-18-20)27(34)32-25(19(2)3)28(35)31-22/h5-6,9,11-12,16,18-19,22-23,25,29H,4,7-8,10,13-15,17H2,1-3H3,(H,30,33)(H,31,35)(H,32,34)/t22-,23+,25+/m0/s1. The van der Waals surface area contributed by atoms with Gasteiger partial charge in [-0.1, -0.05) is 45.4 Å². The molecule has 2 heterocycles. The lowest BCUT2D eigenvalue weighted by Crippen LogP contribution is -2.58. The smallest absolute Gasteiger partial charge is 0.243 e. The Morgan fingerprint density at radius 2 is 1.81 bits per heavy atom. The van der Waals surface area contributed by atoms with E-state index < -0.39 is 18.1 Å². The maximum Gasteiger partial charge on any atom is 0.243 e. The van der Waals surface area contributed by atoms with Crippen molar-refractivity contribution in [2.45, 2.75) is 71.0 Å². The van der Waals surface area contributed by atoms with Crippen LogP contribution in [0.25, 0.3) is 0 Å². The van der Waals surface area contributed by atoms with E-state index in [0.29, 0.717) is 32.5 Å². The van der Waals surface area contributed by atoms with Crippen LogP contribution < -0.4 is 26.0 Å². The average molecular weight is 529 g/mol. The molecule has 0 fully saturated rings. The van der Waals surface area contributed by atoms with Gasteiger partial charge in [0.1, 0.15) is 24.4 Å². The van der Waals surface area contributed by atoms with Gasteiger partial charge in [-0.25, -0.2) is 0 Å². The summed E-state index contributed by atoms with van der Waals surface area (Å²) < 4.78 is 6.05. The number of carbonyl (C=O) groups excluding carboxylic acids is 3. The molecular formula is C28H40N4O4S. The maximum atomic E-state index is 13.4. The first-order chi connectivity index (χ1) is 17.9. The number of thiophene rings is 1. The summed E-state index contributed by atoms with van der Waals surface area (Å²) >= 11 is 1.58. The minimum absolute atomic E-state index is 0.151. The van der Waals surface area contributed by atoms with E-state index >= 15 is 0 Å². The molecule has 202 valence electrons. The van der Waals surface area contributed by atoms with Crippen molar-refractivity contribution in [2.75, 3.05) is 19.7 Å². The first kappa shape index (κ1) is 28.7. The van der Waals surface area contributed by atoms with Crippen LogP contribution in [0.4, 0.5) is 0 Å². The van der Waals surface area contributed by atoms with Crippen molar-refractivity contribution in [1.82, 2.24) is 21.3 Å². The molecule has 3 amide bonds. The molecular weight excluding hydrogens is 488 g/mol. The highest BCUT2D eigenvalue weighted by molar-refractivity contribution is 7.07. The molecule has 9 heteroatoms. The number of hydrogen-bond acceptors (Lipinski definition) is 6.